The minimum atomic E-state index is 1.10. The Morgan fingerprint density at radius 3 is 1.50 bits per heavy atom. The van der Waals surface area contributed by atoms with Crippen LogP contribution in [0.5, 0.6) is 0 Å². The third-order valence-electron chi connectivity index (χ3n) is 7.06. The fourth-order valence-corrected chi connectivity index (χ4v) is 5.71. The van der Waals surface area contributed by atoms with E-state index in [1.165, 1.54) is 27.1 Å². The minimum absolute atomic E-state index is 1.10. The van der Waals surface area contributed by atoms with Gasteiger partial charge in [0.2, 0.25) is 0 Å². The van der Waals surface area contributed by atoms with Crippen molar-refractivity contribution in [3.8, 4) is 0 Å². The fourth-order valence-electron chi connectivity index (χ4n) is 4.94. The highest BCUT2D eigenvalue weighted by molar-refractivity contribution is 7.11. The Morgan fingerprint density at radius 1 is 0.476 bits per heavy atom. The summed E-state index contributed by atoms with van der Waals surface area (Å²) in [6, 6.07) is 55.3. The Kier molecular flexibility index (Phi) is 8.65. The third kappa shape index (κ3) is 6.58. The van der Waals surface area contributed by atoms with Crippen molar-refractivity contribution in [3.63, 3.8) is 0 Å². The van der Waals surface area contributed by atoms with Crippen LogP contribution in [0.25, 0.3) is 17.2 Å². The van der Waals surface area contributed by atoms with E-state index in [0.29, 0.717) is 0 Å². The van der Waals surface area contributed by atoms with Crippen LogP contribution in [0.15, 0.2) is 181 Å². The van der Waals surface area contributed by atoms with Gasteiger partial charge in [0.1, 0.15) is 0 Å². The average Bonchev–Trinajstić information content (AvgIpc) is 3.61. The highest BCUT2D eigenvalue weighted by Crippen LogP contribution is 2.32. The molecule has 0 saturated carbocycles. The molecule has 0 spiro atoms. The number of rotatable bonds is 9. The van der Waals surface area contributed by atoms with E-state index in [4.69, 9.17) is 0 Å². The number of anilines is 2. The standard InChI is InChI=1S/C40H31NS/c1-5-16-33(17-6-1)38(40-25-14-30-42-40)24-13-15-32-26-28-37(29-27-32)41(36-22-11-4-12-23-36)31-39(34-18-7-2-8-19-34)35-20-9-3-10-21-35/h1-31H/b15-13+,38-24-. The molecule has 2 heteroatoms. The van der Waals surface area contributed by atoms with Crippen LogP contribution < -0.4 is 4.90 Å². The number of thiophene rings is 1. The first-order valence-corrected chi connectivity index (χ1v) is 15.0. The monoisotopic (exact) mass is 557 g/mol. The molecule has 42 heavy (non-hydrogen) atoms. The summed E-state index contributed by atoms with van der Waals surface area (Å²) >= 11 is 1.76. The number of hydrogen-bond acceptors (Lipinski definition) is 2. The number of nitrogens with zero attached hydrogens (tertiary/aromatic N) is 1. The first-order chi connectivity index (χ1) is 20.8. The molecule has 0 saturated heterocycles. The van der Waals surface area contributed by atoms with Gasteiger partial charge in [-0.25, -0.2) is 0 Å². The minimum Gasteiger partial charge on any atom is -0.317 e. The van der Waals surface area contributed by atoms with Crippen LogP contribution in [-0.4, -0.2) is 0 Å². The zero-order valence-electron chi connectivity index (χ0n) is 23.3. The normalized spacial score (nSPS) is 11.4. The Hall–Kier alpha value is -5.18. The summed E-state index contributed by atoms with van der Waals surface area (Å²) in [7, 11) is 0. The van der Waals surface area contributed by atoms with Gasteiger partial charge < -0.3 is 4.90 Å². The van der Waals surface area contributed by atoms with Gasteiger partial charge >= 0.3 is 0 Å². The Labute approximate surface area is 252 Å². The van der Waals surface area contributed by atoms with Gasteiger partial charge in [-0.2, -0.15) is 0 Å². The van der Waals surface area contributed by atoms with E-state index in [-0.39, 0.29) is 0 Å². The summed E-state index contributed by atoms with van der Waals surface area (Å²) in [5, 5.41) is 2.13. The largest absolute Gasteiger partial charge is 0.317 e. The molecule has 0 aliphatic heterocycles. The summed E-state index contributed by atoms with van der Waals surface area (Å²) in [4.78, 5) is 3.53. The van der Waals surface area contributed by atoms with E-state index in [1.807, 2.05) is 0 Å². The molecule has 6 aromatic rings. The van der Waals surface area contributed by atoms with Gasteiger partial charge in [-0.15, -0.1) is 11.3 Å². The molecule has 1 nitrogen and oxygen atoms in total. The zero-order chi connectivity index (χ0) is 28.4. The van der Waals surface area contributed by atoms with Crippen molar-refractivity contribution in [2.24, 2.45) is 0 Å². The molecular formula is C40H31NS. The quantitative estimate of drug-likeness (QED) is 0.160. The van der Waals surface area contributed by atoms with Gasteiger partial charge in [-0.1, -0.05) is 146 Å². The van der Waals surface area contributed by atoms with Crippen LogP contribution in [-0.2, 0) is 0 Å². The summed E-state index contributed by atoms with van der Waals surface area (Å²) < 4.78 is 0. The molecule has 0 bridgehead atoms. The van der Waals surface area contributed by atoms with Crippen molar-refractivity contribution in [2.45, 2.75) is 0 Å². The second-order valence-corrected chi connectivity index (χ2v) is 10.8. The van der Waals surface area contributed by atoms with E-state index in [9.17, 15) is 0 Å². The lowest BCUT2D eigenvalue weighted by atomic mass is 9.98. The number of allylic oxidation sites excluding steroid dienone is 2. The molecule has 0 aliphatic rings. The second kappa shape index (κ2) is 13.5. The van der Waals surface area contributed by atoms with Crippen molar-refractivity contribution >= 4 is 39.9 Å². The van der Waals surface area contributed by atoms with E-state index >= 15 is 0 Å². The molecule has 0 radical (unpaired) electrons. The molecule has 202 valence electrons. The highest BCUT2D eigenvalue weighted by atomic mass is 32.1. The van der Waals surface area contributed by atoms with Gasteiger partial charge in [-0.3, -0.25) is 0 Å². The lowest BCUT2D eigenvalue weighted by Gasteiger charge is -2.23. The van der Waals surface area contributed by atoms with E-state index in [2.05, 4.69) is 192 Å². The molecular weight excluding hydrogens is 527 g/mol. The van der Waals surface area contributed by atoms with Crippen LogP contribution >= 0.6 is 11.3 Å². The summed E-state index contributed by atoms with van der Waals surface area (Å²) in [6.45, 7) is 0. The molecule has 1 heterocycles. The van der Waals surface area contributed by atoms with Crippen LogP contribution in [0.2, 0.25) is 0 Å². The maximum atomic E-state index is 2.27. The Morgan fingerprint density at radius 2 is 0.976 bits per heavy atom. The van der Waals surface area contributed by atoms with Crippen LogP contribution in [0.4, 0.5) is 11.4 Å². The molecule has 0 amide bonds. The van der Waals surface area contributed by atoms with Gasteiger partial charge in [0.15, 0.2) is 0 Å². The van der Waals surface area contributed by atoms with E-state index < -0.39 is 0 Å². The molecule has 0 unspecified atom stereocenters. The van der Waals surface area contributed by atoms with Crippen LogP contribution in [0.1, 0.15) is 27.1 Å². The van der Waals surface area contributed by atoms with E-state index in [0.717, 1.165) is 22.5 Å². The molecule has 6 rings (SSSR count). The van der Waals surface area contributed by atoms with E-state index in [1.54, 1.807) is 11.3 Å². The lowest BCUT2D eigenvalue weighted by molar-refractivity contribution is 1.28. The van der Waals surface area contributed by atoms with Crippen molar-refractivity contribution in [3.05, 3.63) is 209 Å². The predicted octanol–water partition coefficient (Wildman–Crippen LogP) is 11.1. The first kappa shape index (κ1) is 27.0. The molecule has 0 atom stereocenters. The molecule has 5 aromatic carbocycles. The predicted molar refractivity (Wildman–Crippen MR) is 182 cm³/mol. The Balaban J connectivity index is 1.34. The van der Waals surface area contributed by atoms with Crippen molar-refractivity contribution in [1.82, 2.24) is 0 Å². The SMILES string of the molecule is C(=C(c1ccccc1)c1ccccc1)N(c1ccccc1)c1ccc(/C=C/C=C(/c2ccccc2)c2cccs2)cc1. The van der Waals surface area contributed by atoms with Crippen molar-refractivity contribution < 1.29 is 0 Å². The molecule has 0 fully saturated rings. The summed E-state index contributed by atoms with van der Waals surface area (Å²) in [5.41, 5.74) is 9.32. The fraction of sp³-hybridized carbons (Fsp3) is 0. The Bertz CT molecular complexity index is 1730. The van der Waals surface area contributed by atoms with Crippen LogP contribution in [0, 0.1) is 0 Å². The topological polar surface area (TPSA) is 3.24 Å². The summed E-state index contributed by atoms with van der Waals surface area (Å²) in [5.74, 6) is 0. The maximum absolute atomic E-state index is 2.27. The third-order valence-corrected chi connectivity index (χ3v) is 7.96. The number of benzene rings is 5. The lowest BCUT2D eigenvalue weighted by Crippen LogP contribution is -2.10. The van der Waals surface area contributed by atoms with Crippen molar-refractivity contribution in [1.29, 1.82) is 0 Å². The number of hydrogen-bond donors (Lipinski definition) is 0. The zero-order valence-corrected chi connectivity index (χ0v) is 24.1. The van der Waals surface area contributed by atoms with Gasteiger partial charge in [0.25, 0.3) is 0 Å². The number of para-hydroxylation sites is 1. The van der Waals surface area contributed by atoms with Gasteiger partial charge in [0, 0.05) is 28.0 Å². The van der Waals surface area contributed by atoms with Crippen LogP contribution in [0.3, 0.4) is 0 Å². The molecule has 0 N–H and O–H groups in total. The van der Waals surface area contributed by atoms with Gasteiger partial charge in [0.05, 0.1) is 0 Å². The smallest absolute Gasteiger partial charge is 0.0456 e. The second-order valence-electron chi connectivity index (χ2n) is 9.85. The first-order valence-electron chi connectivity index (χ1n) is 14.1. The molecule has 1 aromatic heterocycles. The molecule has 0 aliphatic carbocycles. The van der Waals surface area contributed by atoms with Crippen molar-refractivity contribution in [2.75, 3.05) is 4.90 Å². The average molecular weight is 558 g/mol. The maximum Gasteiger partial charge on any atom is 0.0456 e. The summed E-state index contributed by atoms with van der Waals surface area (Å²) in [6.07, 6.45) is 8.78. The highest BCUT2D eigenvalue weighted by Gasteiger charge is 2.12. The van der Waals surface area contributed by atoms with Gasteiger partial charge in [-0.05, 0) is 63.5 Å².